The SMILES string of the molecule is CC(C)(O)CN1CCN(S(=O)(=O)CCCN)CC1. The number of rotatable bonds is 6. The van der Waals surface area contributed by atoms with Crippen LogP contribution in [0.2, 0.25) is 0 Å². The molecule has 7 heteroatoms. The maximum atomic E-state index is 11.9. The Morgan fingerprint density at radius 1 is 1.22 bits per heavy atom. The van der Waals surface area contributed by atoms with E-state index in [1.165, 1.54) is 4.31 Å². The molecule has 1 aliphatic heterocycles. The Labute approximate surface area is 110 Å². The molecule has 18 heavy (non-hydrogen) atoms. The van der Waals surface area contributed by atoms with Gasteiger partial charge in [0.2, 0.25) is 10.0 Å². The highest BCUT2D eigenvalue weighted by molar-refractivity contribution is 7.89. The highest BCUT2D eigenvalue weighted by Crippen LogP contribution is 2.12. The number of sulfonamides is 1. The van der Waals surface area contributed by atoms with Crippen molar-refractivity contribution in [2.45, 2.75) is 25.9 Å². The first-order chi connectivity index (χ1) is 8.24. The van der Waals surface area contributed by atoms with Crippen LogP contribution in [0.4, 0.5) is 0 Å². The third-order valence-corrected chi connectivity index (χ3v) is 4.90. The summed E-state index contributed by atoms with van der Waals surface area (Å²) in [5, 5.41) is 9.72. The zero-order chi connectivity index (χ0) is 13.8. The third-order valence-electron chi connectivity index (χ3n) is 2.94. The van der Waals surface area contributed by atoms with Crippen molar-refractivity contribution in [1.82, 2.24) is 9.21 Å². The summed E-state index contributed by atoms with van der Waals surface area (Å²) in [6.45, 7) is 6.85. The second-order valence-electron chi connectivity index (χ2n) is 5.45. The van der Waals surface area contributed by atoms with Gasteiger partial charge in [0.25, 0.3) is 0 Å². The van der Waals surface area contributed by atoms with Crippen LogP contribution in [-0.4, -0.2) is 73.4 Å². The van der Waals surface area contributed by atoms with Gasteiger partial charge in [-0.15, -0.1) is 0 Å². The van der Waals surface area contributed by atoms with E-state index in [0.29, 0.717) is 45.7 Å². The Morgan fingerprint density at radius 3 is 2.22 bits per heavy atom. The van der Waals surface area contributed by atoms with Crippen molar-refractivity contribution in [3.8, 4) is 0 Å². The average molecular weight is 279 g/mol. The summed E-state index contributed by atoms with van der Waals surface area (Å²) in [6.07, 6.45) is 0.506. The van der Waals surface area contributed by atoms with E-state index in [1.807, 2.05) is 0 Å². The van der Waals surface area contributed by atoms with E-state index in [4.69, 9.17) is 5.73 Å². The van der Waals surface area contributed by atoms with Crippen LogP contribution in [0, 0.1) is 0 Å². The van der Waals surface area contributed by atoms with Crippen molar-refractivity contribution < 1.29 is 13.5 Å². The monoisotopic (exact) mass is 279 g/mol. The van der Waals surface area contributed by atoms with Gasteiger partial charge in [0.1, 0.15) is 0 Å². The zero-order valence-electron chi connectivity index (χ0n) is 11.3. The van der Waals surface area contributed by atoms with Crippen molar-refractivity contribution in [2.75, 3.05) is 45.0 Å². The Bertz CT molecular complexity index is 343. The molecule has 6 nitrogen and oxygen atoms in total. The molecule has 0 aromatic rings. The summed E-state index contributed by atoms with van der Waals surface area (Å²) >= 11 is 0. The molecule has 0 saturated carbocycles. The molecule has 1 fully saturated rings. The lowest BCUT2D eigenvalue weighted by Crippen LogP contribution is -2.52. The molecule has 0 aromatic carbocycles. The molecule has 0 bridgehead atoms. The molecule has 0 aliphatic carbocycles. The smallest absolute Gasteiger partial charge is 0.214 e. The van der Waals surface area contributed by atoms with Crippen molar-refractivity contribution in [1.29, 1.82) is 0 Å². The fraction of sp³-hybridized carbons (Fsp3) is 1.00. The molecule has 0 unspecified atom stereocenters. The maximum absolute atomic E-state index is 11.9. The molecule has 0 spiro atoms. The Balaban J connectivity index is 2.44. The van der Waals surface area contributed by atoms with E-state index in [9.17, 15) is 13.5 Å². The van der Waals surface area contributed by atoms with Crippen LogP contribution in [-0.2, 0) is 10.0 Å². The minimum Gasteiger partial charge on any atom is -0.389 e. The number of nitrogens with zero attached hydrogens (tertiary/aromatic N) is 2. The minimum atomic E-state index is -3.15. The minimum absolute atomic E-state index is 0.134. The van der Waals surface area contributed by atoms with Gasteiger partial charge in [-0.2, -0.15) is 4.31 Å². The van der Waals surface area contributed by atoms with Crippen molar-refractivity contribution in [3.05, 3.63) is 0 Å². The molecule has 1 heterocycles. The van der Waals surface area contributed by atoms with Gasteiger partial charge >= 0.3 is 0 Å². The highest BCUT2D eigenvalue weighted by atomic mass is 32.2. The van der Waals surface area contributed by atoms with Gasteiger partial charge < -0.3 is 10.8 Å². The zero-order valence-corrected chi connectivity index (χ0v) is 12.1. The van der Waals surface area contributed by atoms with Gasteiger partial charge in [-0.05, 0) is 26.8 Å². The molecule has 108 valence electrons. The van der Waals surface area contributed by atoms with E-state index < -0.39 is 15.6 Å². The molecule has 0 radical (unpaired) electrons. The molecule has 0 aromatic heterocycles. The van der Waals surface area contributed by atoms with Crippen LogP contribution in [0.5, 0.6) is 0 Å². The molecule has 0 atom stereocenters. The summed E-state index contributed by atoms with van der Waals surface area (Å²) < 4.78 is 25.4. The fourth-order valence-electron chi connectivity index (χ4n) is 2.11. The summed E-state index contributed by atoms with van der Waals surface area (Å²) in [5.74, 6) is 0.134. The first kappa shape index (κ1) is 15.8. The summed E-state index contributed by atoms with van der Waals surface area (Å²) in [6, 6.07) is 0. The van der Waals surface area contributed by atoms with Crippen molar-refractivity contribution in [2.24, 2.45) is 5.73 Å². The molecule has 1 saturated heterocycles. The van der Waals surface area contributed by atoms with Crippen LogP contribution >= 0.6 is 0 Å². The molecule has 1 aliphatic rings. The molecular weight excluding hydrogens is 254 g/mol. The predicted octanol–water partition coefficient (Wildman–Crippen LogP) is -0.946. The van der Waals surface area contributed by atoms with Crippen LogP contribution in [0.25, 0.3) is 0 Å². The lowest BCUT2D eigenvalue weighted by atomic mass is 10.1. The lowest BCUT2D eigenvalue weighted by Gasteiger charge is -2.36. The maximum Gasteiger partial charge on any atom is 0.214 e. The van der Waals surface area contributed by atoms with Gasteiger partial charge in [-0.1, -0.05) is 0 Å². The number of hydrogen-bond acceptors (Lipinski definition) is 5. The largest absolute Gasteiger partial charge is 0.389 e. The van der Waals surface area contributed by atoms with Gasteiger partial charge in [0.15, 0.2) is 0 Å². The number of β-amino-alcohol motifs (C(OH)–C–C–N with tert-alkyl or cyclic N) is 1. The average Bonchev–Trinajstić information content (AvgIpc) is 2.25. The summed E-state index contributed by atoms with van der Waals surface area (Å²) in [5.41, 5.74) is 4.60. The summed E-state index contributed by atoms with van der Waals surface area (Å²) in [7, 11) is -3.15. The predicted molar refractivity (Wildman–Crippen MR) is 71.8 cm³/mol. The molecule has 0 amide bonds. The number of hydrogen-bond donors (Lipinski definition) is 2. The van der Waals surface area contributed by atoms with Crippen LogP contribution in [0.1, 0.15) is 20.3 Å². The van der Waals surface area contributed by atoms with Gasteiger partial charge in [0, 0.05) is 32.7 Å². The standard InChI is InChI=1S/C11H25N3O3S/c1-11(2,15)10-13-5-7-14(8-6-13)18(16,17)9-3-4-12/h15H,3-10,12H2,1-2H3. The van der Waals surface area contributed by atoms with Gasteiger partial charge in [-0.25, -0.2) is 8.42 Å². The van der Waals surface area contributed by atoms with E-state index in [-0.39, 0.29) is 5.75 Å². The third kappa shape index (κ3) is 5.19. The molecular formula is C11H25N3O3S. The lowest BCUT2D eigenvalue weighted by molar-refractivity contribution is 0.0263. The van der Waals surface area contributed by atoms with Gasteiger partial charge in [0.05, 0.1) is 11.4 Å². The normalized spacial score (nSPS) is 20.2. The number of aliphatic hydroxyl groups is 1. The van der Waals surface area contributed by atoms with Crippen LogP contribution in [0.15, 0.2) is 0 Å². The Kier molecular flexibility index (Phi) is 5.54. The topological polar surface area (TPSA) is 86.9 Å². The van der Waals surface area contributed by atoms with Crippen LogP contribution < -0.4 is 5.73 Å². The molecule has 1 rings (SSSR count). The first-order valence-electron chi connectivity index (χ1n) is 6.37. The van der Waals surface area contributed by atoms with E-state index >= 15 is 0 Å². The molecule has 3 N–H and O–H groups in total. The van der Waals surface area contributed by atoms with E-state index in [0.717, 1.165) is 0 Å². The quantitative estimate of drug-likeness (QED) is 0.655. The van der Waals surface area contributed by atoms with E-state index in [2.05, 4.69) is 4.90 Å². The fourth-order valence-corrected chi connectivity index (χ4v) is 3.62. The first-order valence-corrected chi connectivity index (χ1v) is 7.98. The Morgan fingerprint density at radius 2 is 1.78 bits per heavy atom. The van der Waals surface area contributed by atoms with Crippen LogP contribution in [0.3, 0.4) is 0 Å². The van der Waals surface area contributed by atoms with E-state index in [1.54, 1.807) is 13.8 Å². The Hall–Kier alpha value is -0.210. The van der Waals surface area contributed by atoms with Gasteiger partial charge in [-0.3, -0.25) is 4.90 Å². The number of nitrogens with two attached hydrogens (primary N) is 1. The second kappa shape index (κ2) is 6.29. The van der Waals surface area contributed by atoms with Crippen molar-refractivity contribution >= 4 is 10.0 Å². The van der Waals surface area contributed by atoms with Crippen molar-refractivity contribution in [3.63, 3.8) is 0 Å². The number of piperazine rings is 1. The second-order valence-corrected chi connectivity index (χ2v) is 7.53. The highest BCUT2D eigenvalue weighted by Gasteiger charge is 2.28. The summed E-state index contributed by atoms with van der Waals surface area (Å²) in [4.78, 5) is 2.09.